The number of amides is 1. The molecule has 0 radical (unpaired) electrons. The third kappa shape index (κ3) is 5.04. The lowest BCUT2D eigenvalue weighted by atomic mass is 10.2. The highest BCUT2D eigenvalue weighted by atomic mass is 32.2. The van der Waals surface area contributed by atoms with Crippen LogP contribution in [0.3, 0.4) is 0 Å². The molecule has 0 bridgehead atoms. The molecule has 8 heteroatoms. The number of carbonyl (C=O) groups excluding carboxylic acids is 2. The lowest BCUT2D eigenvalue weighted by Crippen LogP contribution is -2.36. The van der Waals surface area contributed by atoms with Gasteiger partial charge in [-0.15, -0.1) is 0 Å². The summed E-state index contributed by atoms with van der Waals surface area (Å²) in [4.78, 5) is 24.0. The van der Waals surface area contributed by atoms with Crippen molar-refractivity contribution in [3.8, 4) is 0 Å². The van der Waals surface area contributed by atoms with Crippen molar-refractivity contribution in [3.05, 3.63) is 29.8 Å². The first-order valence-corrected chi connectivity index (χ1v) is 10.4. The molecule has 7 nitrogen and oxygen atoms in total. The Morgan fingerprint density at radius 2 is 1.69 bits per heavy atom. The smallest absolute Gasteiger partial charge is 0.338 e. The summed E-state index contributed by atoms with van der Waals surface area (Å²) in [5, 5.41) is 2.78. The highest BCUT2D eigenvalue weighted by Crippen LogP contribution is 2.21. The predicted molar refractivity (Wildman–Crippen MR) is 97.2 cm³/mol. The topological polar surface area (TPSA) is 92.8 Å². The Bertz CT molecular complexity index is 720. The fourth-order valence-corrected chi connectivity index (χ4v) is 4.33. The molecule has 0 aliphatic carbocycles. The predicted octanol–water partition coefficient (Wildman–Crippen LogP) is 1.93. The van der Waals surface area contributed by atoms with Gasteiger partial charge in [0.1, 0.15) is 0 Å². The maximum absolute atomic E-state index is 12.4. The number of carbonyl (C=O) groups is 2. The molecular weight excluding hydrogens is 356 g/mol. The number of hydrogen-bond acceptors (Lipinski definition) is 5. The summed E-state index contributed by atoms with van der Waals surface area (Å²) < 4.78 is 31.3. The van der Waals surface area contributed by atoms with Crippen LogP contribution >= 0.6 is 0 Å². The largest absolute Gasteiger partial charge is 0.452 e. The van der Waals surface area contributed by atoms with Crippen LogP contribution in [-0.2, 0) is 19.6 Å². The van der Waals surface area contributed by atoms with E-state index in [-0.39, 0.29) is 29.0 Å². The van der Waals surface area contributed by atoms with Crippen LogP contribution in [0.4, 0.5) is 0 Å². The Labute approximate surface area is 154 Å². The summed E-state index contributed by atoms with van der Waals surface area (Å²) in [5.74, 6) is -1.00. The zero-order valence-corrected chi connectivity index (χ0v) is 16.0. The molecule has 144 valence electrons. The summed E-state index contributed by atoms with van der Waals surface area (Å²) in [6.45, 7) is 4.63. The average Bonchev–Trinajstić information content (AvgIpc) is 3.20. The molecule has 1 aromatic carbocycles. The number of nitrogens with one attached hydrogen (secondary N) is 1. The van der Waals surface area contributed by atoms with Crippen LogP contribution in [0.1, 0.15) is 49.9 Å². The molecule has 1 aliphatic heterocycles. The molecular formula is C18H26N2O5S. The number of sulfonamides is 1. The maximum atomic E-state index is 12.4. The SMILES string of the molecule is CCC(CC)NC(=O)COC(=O)c1ccc(S(=O)(=O)N2CCCC2)cc1. The van der Waals surface area contributed by atoms with Crippen LogP contribution in [0, 0.1) is 0 Å². The fourth-order valence-electron chi connectivity index (χ4n) is 2.82. The Morgan fingerprint density at radius 1 is 1.12 bits per heavy atom. The molecule has 26 heavy (non-hydrogen) atoms. The van der Waals surface area contributed by atoms with Crippen molar-refractivity contribution in [1.82, 2.24) is 9.62 Å². The first kappa shape index (κ1) is 20.4. The highest BCUT2D eigenvalue weighted by Gasteiger charge is 2.27. The van der Waals surface area contributed by atoms with Crippen molar-refractivity contribution in [2.24, 2.45) is 0 Å². The molecule has 1 aromatic rings. The van der Waals surface area contributed by atoms with Gasteiger partial charge < -0.3 is 10.1 Å². The van der Waals surface area contributed by atoms with E-state index in [9.17, 15) is 18.0 Å². The molecule has 1 saturated heterocycles. The van der Waals surface area contributed by atoms with Gasteiger partial charge in [-0.3, -0.25) is 4.79 Å². The lowest BCUT2D eigenvalue weighted by molar-refractivity contribution is -0.125. The van der Waals surface area contributed by atoms with E-state index >= 15 is 0 Å². The molecule has 1 aliphatic rings. The average molecular weight is 382 g/mol. The summed E-state index contributed by atoms with van der Waals surface area (Å²) in [6, 6.07) is 5.67. The Balaban J connectivity index is 1.93. The number of ether oxygens (including phenoxy) is 1. The Morgan fingerprint density at radius 3 is 2.23 bits per heavy atom. The van der Waals surface area contributed by atoms with Crippen LogP contribution in [0.15, 0.2) is 29.2 Å². The molecule has 1 fully saturated rings. The van der Waals surface area contributed by atoms with Crippen LogP contribution in [0.5, 0.6) is 0 Å². The minimum atomic E-state index is -3.51. The minimum absolute atomic E-state index is 0.0660. The minimum Gasteiger partial charge on any atom is -0.452 e. The van der Waals surface area contributed by atoms with Gasteiger partial charge >= 0.3 is 5.97 Å². The van der Waals surface area contributed by atoms with E-state index < -0.39 is 16.0 Å². The molecule has 1 N–H and O–H groups in total. The molecule has 0 aromatic heterocycles. The van der Waals surface area contributed by atoms with Crippen LogP contribution < -0.4 is 5.32 Å². The highest BCUT2D eigenvalue weighted by molar-refractivity contribution is 7.89. The lowest BCUT2D eigenvalue weighted by Gasteiger charge is -2.16. The van der Waals surface area contributed by atoms with E-state index in [0.29, 0.717) is 13.1 Å². The van der Waals surface area contributed by atoms with Gasteiger partial charge in [-0.2, -0.15) is 4.31 Å². The van der Waals surface area contributed by atoms with Gasteiger partial charge in [0, 0.05) is 19.1 Å². The van der Waals surface area contributed by atoms with Crippen molar-refractivity contribution in [2.45, 2.75) is 50.5 Å². The Kier molecular flexibility index (Phi) is 7.16. The zero-order chi connectivity index (χ0) is 19.2. The third-order valence-electron chi connectivity index (χ3n) is 4.48. The van der Waals surface area contributed by atoms with Crippen molar-refractivity contribution < 1.29 is 22.7 Å². The molecule has 1 heterocycles. The molecule has 0 unspecified atom stereocenters. The standard InChI is InChI=1S/C18H26N2O5S/c1-3-15(4-2)19-17(21)13-25-18(22)14-7-9-16(10-8-14)26(23,24)20-11-5-6-12-20/h7-10,15H,3-6,11-13H2,1-2H3,(H,19,21). The second-order valence-electron chi connectivity index (χ2n) is 6.29. The number of hydrogen-bond donors (Lipinski definition) is 1. The van der Waals surface area contributed by atoms with Crippen LogP contribution in [-0.4, -0.2) is 50.3 Å². The summed E-state index contributed by atoms with van der Waals surface area (Å²) in [6.07, 6.45) is 3.34. The Hall–Kier alpha value is -1.93. The van der Waals surface area contributed by atoms with E-state index in [2.05, 4.69) is 5.32 Å². The van der Waals surface area contributed by atoms with Gasteiger partial charge in [-0.05, 0) is 49.9 Å². The molecule has 1 amide bonds. The molecule has 0 saturated carbocycles. The van der Waals surface area contributed by atoms with Crippen molar-refractivity contribution in [3.63, 3.8) is 0 Å². The van der Waals surface area contributed by atoms with E-state index in [1.54, 1.807) is 0 Å². The van der Waals surface area contributed by atoms with Crippen LogP contribution in [0.2, 0.25) is 0 Å². The van der Waals surface area contributed by atoms with Crippen LogP contribution in [0.25, 0.3) is 0 Å². The fraction of sp³-hybridized carbons (Fsp3) is 0.556. The van der Waals surface area contributed by atoms with Gasteiger partial charge in [0.15, 0.2) is 6.61 Å². The van der Waals surface area contributed by atoms with Crippen molar-refractivity contribution in [2.75, 3.05) is 19.7 Å². The second-order valence-corrected chi connectivity index (χ2v) is 8.23. The number of benzene rings is 1. The summed E-state index contributed by atoms with van der Waals surface area (Å²) >= 11 is 0. The normalized spacial score (nSPS) is 15.2. The quantitative estimate of drug-likeness (QED) is 0.694. The van der Waals surface area contributed by atoms with Crippen molar-refractivity contribution >= 4 is 21.9 Å². The van der Waals surface area contributed by atoms with E-state index in [4.69, 9.17) is 4.74 Å². The maximum Gasteiger partial charge on any atom is 0.338 e. The van der Waals surface area contributed by atoms with Gasteiger partial charge in [0.05, 0.1) is 10.5 Å². The number of nitrogens with zero attached hydrogens (tertiary/aromatic N) is 1. The first-order valence-electron chi connectivity index (χ1n) is 8.95. The van der Waals surface area contributed by atoms with E-state index in [0.717, 1.165) is 25.7 Å². The third-order valence-corrected chi connectivity index (χ3v) is 6.39. The van der Waals surface area contributed by atoms with Gasteiger partial charge in [-0.1, -0.05) is 13.8 Å². The van der Waals surface area contributed by atoms with Crippen molar-refractivity contribution in [1.29, 1.82) is 0 Å². The van der Waals surface area contributed by atoms with E-state index in [1.165, 1.54) is 28.6 Å². The van der Waals surface area contributed by atoms with Gasteiger partial charge in [0.25, 0.3) is 5.91 Å². The van der Waals surface area contributed by atoms with Gasteiger partial charge in [-0.25, -0.2) is 13.2 Å². The number of rotatable bonds is 8. The first-order chi connectivity index (χ1) is 12.4. The summed E-state index contributed by atoms with van der Waals surface area (Å²) in [7, 11) is -3.51. The monoisotopic (exact) mass is 382 g/mol. The number of esters is 1. The zero-order valence-electron chi connectivity index (χ0n) is 15.2. The van der Waals surface area contributed by atoms with E-state index in [1.807, 2.05) is 13.8 Å². The molecule has 0 atom stereocenters. The summed E-state index contributed by atoms with van der Waals surface area (Å²) in [5.41, 5.74) is 0.209. The molecule has 2 rings (SSSR count). The second kappa shape index (κ2) is 9.14. The molecule has 0 spiro atoms. The van der Waals surface area contributed by atoms with Gasteiger partial charge in [0.2, 0.25) is 10.0 Å².